The molecule has 1 amide bonds. The van der Waals surface area contributed by atoms with Crippen molar-refractivity contribution in [3.8, 4) is 0 Å². The molecule has 2 nitrogen and oxygen atoms in total. The van der Waals surface area contributed by atoms with Crippen LogP contribution in [0.3, 0.4) is 0 Å². The van der Waals surface area contributed by atoms with Gasteiger partial charge < -0.3 is 5.32 Å². The van der Waals surface area contributed by atoms with Crippen molar-refractivity contribution in [2.45, 2.75) is 43.3 Å². The molecule has 0 aromatic heterocycles. The Bertz CT molecular complexity index is 461. The second kappa shape index (κ2) is 6.21. The Hall–Kier alpha value is -0.960. The first kappa shape index (κ1) is 14.0. The fourth-order valence-corrected chi connectivity index (χ4v) is 5.29. The van der Waals surface area contributed by atoms with Gasteiger partial charge in [-0.05, 0) is 30.7 Å². The van der Waals surface area contributed by atoms with E-state index in [4.69, 9.17) is 0 Å². The number of benzene rings is 1. The Balaban J connectivity index is 1.80. The monoisotopic (exact) mass is 289 g/mol. The third-order valence-electron chi connectivity index (χ3n) is 4.75. The zero-order chi connectivity index (χ0) is 13.8. The predicted molar refractivity (Wildman–Crippen MR) is 84.9 cm³/mol. The summed E-state index contributed by atoms with van der Waals surface area (Å²) in [5.74, 6) is 1.97. The number of carbonyl (C=O) groups is 1. The minimum absolute atomic E-state index is 0.189. The lowest BCUT2D eigenvalue weighted by atomic mass is 9.73. The highest BCUT2D eigenvalue weighted by Crippen LogP contribution is 2.48. The standard InChI is InChI=1S/C17H23NOS/c19-16-13-17(20-11-10-18-16)9-5-4-8-15(17)12-14-6-2-1-3-7-14/h1-3,6-7,15H,4-5,8-13H2,(H,18,19). The summed E-state index contributed by atoms with van der Waals surface area (Å²) in [5, 5.41) is 3.04. The van der Waals surface area contributed by atoms with E-state index in [-0.39, 0.29) is 10.7 Å². The predicted octanol–water partition coefficient (Wildman–Crippen LogP) is 3.41. The van der Waals surface area contributed by atoms with Crippen molar-refractivity contribution in [2.24, 2.45) is 5.92 Å². The number of nitrogens with one attached hydrogen (secondary N) is 1. The second-order valence-corrected chi connectivity index (χ2v) is 7.58. The van der Waals surface area contributed by atoms with Crippen molar-refractivity contribution >= 4 is 17.7 Å². The highest BCUT2D eigenvalue weighted by molar-refractivity contribution is 8.00. The minimum Gasteiger partial charge on any atom is -0.355 e. The van der Waals surface area contributed by atoms with Crippen LogP contribution in [0, 0.1) is 5.92 Å². The molecule has 1 aromatic carbocycles. The molecule has 1 aliphatic heterocycles. The van der Waals surface area contributed by atoms with Gasteiger partial charge in [-0.15, -0.1) is 0 Å². The molecular weight excluding hydrogens is 266 g/mol. The van der Waals surface area contributed by atoms with E-state index >= 15 is 0 Å². The third kappa shape index (κ3) is 3.03. The number of thioether (sulfide) groups is 1. The SMILES string of the molecule is O=C1CC2(CCCCC2Cc2ccccc2)SCCN1. The molecule has 2 atom stereocenters. The molecular formula is C17H23NOS. The van der Waals surface area contributed by atoms with Gasteiger partial charge in [0, 0.05) is 23.5 Å². The van der Waals surface area contributed by atoms with Crippen molar-refractivity contribution in [3.05, 3.63) is 35.9 Å². The number of rotatable bonds is 2. The summed E-state index contributed by atoms with van der Waals surface area (Å²) >= 11 is 2.06. The number of carbonyl (C=O) groups excluding carboxylic acids is 1. The summed E-state index contributed by atoms with van der Waals surface area (Å²) < 4.78 is 0.189. The highest BCUT2D eigenvalue weighted by Gasteiger charge is 2.43. The summed E-state index contributed by atoms with van der Waals surface area (Å²) in [5.41, 5.74) is 1.42. The van der Waals surface area contributed by atoms with E-state index in [1.807, 2.05) is 0 Å². The summed E-state index contributed by atoms with van der Waals surface area (Å²) in [7, 11) is 0. The zero-order valence-electron chi connectivity index (χ0n) is 11.9. The van der Waals surface area contributed by atoms with Crippen LogP contribution in [-0.4, -0.2) is 23.0 Å². The van der Waals surface area contributed by atoms with Crippen LogP contribution in [0.15, 0.2) is 30.3 Å². The molecule has 2 aliphatic rings. The van der Waals surface area contributed by atoms with E-state index in [0.717, 1.165) is 25.1 Å². The van der Waals surface area contributed by atoms with Crippen LogP contribution in [0.4, 0.5) is 0 Å². The molecule has 1 N–H and O–H groups in total. The first-order valence-corrected chi connectivity index (χ1v) is 8.72. The van der Waals surface area contributed by atoms with E-state index in [9.17, 15) is 4.79 Å². The van der Waals surface area contributed by atoms with Gasteiger partial charge in [0.2, 0.25) is 5.91 Å². The molecule has 0 radical (unpaired) electrons. The van der Waals surface area contributed by atoms with E-state index in [1.165, 1.54) is 31.2 Å². The lowest BCUT2D eigenvalue weighted by molar-refractivity contribution is -0.121. The molecule has 1 aliphatic carbocycles. The Morgan fingerprint density at radius 2 is 2.10 bits per heavy atom. The highest BCUT2D eigenvalue weighted by atomic mass is 32.2. The molecule has 20 heavy (non-hydrogen) atoms. The van der Waals surface area contributed by atoms with Crippen molar-refractivity contribution < 1.29 is 4.79 Å². The zero-order valence-corrected chi connectivity index (χ0v) is 12.8. The van der Waals surface area contributed by atoms with E-state index in [1.54, 1.807) is 0 Å². The Morgan fingerprint density at radius 1 is 1.25 bits per heavy atom. The maximum Gasteiger partial charge on any atom is 0.221 e. The average Bonchev–Trinajstić information content (AvgIpc) is 2.65. The summed E-state index contributed by atoms with van der Waals surface area (Å²) in [6.07, 6.45) is 6.93. The minimum atomic E-state index is 0.189. The second-order valence-electron chi connectivity index (χ2n) is 6.07. The summed E-state index contributed by atoms with van der Waals surface area (Å²) in [6.45, 7) is 0.837. The van der Waals surface area contributed by atoms with Crippen LogP contribution in [-0.2, 0) is 11.2 Å². The van der Waals surface area contributed by atoms with Gasteiger partial charge in [0.25, 0.3) is 0 Å². The molecule has 2 unspecified atom stereocenters. The topological polar surface area (TPSA) is 29.1 Å². The first-order valence-electron chi connectivity index (χ1n) is 7.73. The van der Waals surface area contributed by atoms with E-state index in [2.05, 4.69) is 47.4 Å². The molecule has 1 saturated heterocycles. The van der Waals surface area contributed by atoms with Gasteiger partial charge >= 0.3 is 0 Å². The van der Waals surface area contributed by atoms with Crippen LogP contribution >= 0.6 is 11.8 Å². The van der Waals surface area contributed by atoms with Crippen LogP contribution in [0.25, 0.3) is 0 Å². The van der Waals surface area contributed by atoms with Gasteiger partial charge in [-0.2, -0.15) is 11.8 Å². The van der Waals surface area contributed by atoms with Gasteiger partial charge in [0.15, 0.2) is 0 Å². The molecule has 2 fully saturated rings. The molecule has 3 heteroatoms. The average molecular weight is 289 g/mol. The van der Waals surface area contributed by atoms with Crippen LogP contribution in [0.5, 0.6) is 0 Å². The fraction of sp³-hybridized carbons (Fsp3) is 0.588. The first-order chi connectivity index (χ1) is 9.78. The van der Waals surface area contributed by atoms with Gasteiger partial charge in [-0.25, -0.2) is 0 Å². The smallest absolute Gasteiger partial charge is 0.221 e. The van der Waals surface area contributed by atoms with E-state index < -0.39 is 0 Å². The van der Waals surface area contributed by atoms with Gasteiger partial charge in [0.1, 0.15) is 0 Å². The van der Waals surface area contributed by atoms with Crippen molar-refractivity contribution in [3.63, 3.8) is 0 Å². The molecule has 1 saturated carbocycles. The Morgan fingerprint density at radius 3 is 2.95 bits per heavy atom. The van der Waals surface area contributed by atoms with Gasteiger partial charge in [-0.3, -0.25) is 4.79 Å². The maximum absolute atomic E-state index is 12.0. The molecule has 1 spiro atoms. The third-order valence-corrected chi connectivity index (χ3v) is 6.41. The molecule has 0 bridgehead atoms. The molecule has 3 rings (SSSR count). The maximum atomic E-state index is 12.0. The van der Waals surface area contributed by atoms with Crippen molar-refractivity contribution in [1.82, 2.24) is 5.32 Å². The molecule has 108 valence electrons. The van der Waals surface area contributed by atoms with Crippen molar-refractivity contribution in [1.29, 1.82) is 0 Å². The fourth-order valence-electron chi connectivity index (χ4n) is 3.72. The van der Waals surface area contributed by atoms with E-state index in [0.29, 0.717) is 5.92 Å². The number of hydrogen-bond acceptors (Lipinski definition) is 2. The Labute approximate surface area is 125 Å². The largest absolute Gasteiger partial charge is 0.355 e. The lowest BCUT2D eigenvalue weighted by Crippen LogP contribution is -2.41. The summed E-state index contributed by atoms with van der Waals surface area (Å²) in [6, 6.07) is 10.8. The van der Waals surface area contributed by atoms with Crippen LogP contribution in [0.2, 0.25) is 0 Å². The Kier molecular flexibility index (Phi) is 4.35. The molecule has 1 aromatic rings. The van der Waals surface area contributed by atoms with Crippen molar-refractivity contribution in [2.75, 3.05) is 12.3 Å². The lowest BCUT2D eigenvalue weighted by Gasteiger charge is -2.43. The number of hydrogen-bond donors (Lipinski definition) is 1. The van der Waals surface area contributed by atoms with Gasteiger partial charge in [0.05, 0.1) is 0 Å². The molecule has 1 heterocycles. The number of amides is 1. The quantitative estimate of drug-likeness (QED) is 0.904. The van der Waals surface area contributed by atoms with Crippen LogP contribution in [0.1, 0.15) is 37.7 Å². The van der Waals surface area contributed by atoms with Crippen LogP contribution < -0.4 is 5.32 Å². The van der Waals surface area contributed by atoms with Gasteiger partial charge in [-0.1, -0.05) is 43.2 Å². The summed E-state index contributed by atoms with van der Waals surface area (Å²) in [4.78, 5) is 12.0. The normalized spacial score (nSPS) is 30.8.